The van der Waals surface area contributed by atoms with Crippen LogP contribution in [0.5, 0.6) is 0 Å². The Morgan fingerprint density at radius 1 is 1.17 bits per heavy atom. The summed E-state index contributed by atoms with van der Waals surface area (Å²) in [5, 5.41) is 3.66. The van der Waals surface area contributed by atoms with Crippen molar-refractivity contribution in [3.05, 3.63) is 0 Å². The van der Waals surface area contributed by atoms with Crippen LogP contribution in [0.3, 0.4) is 0 Å². The van der Waals surface area contributed by atoms with E-state index in [9.17, 15) is 0 Å². The third-order valence-corrected chi connectivity index (χ3v) is 5.64. The molecule has 18 heavy (non-hydrogen) atoms. The summed E-state index contributed by atoms with van der Waals surface area (Å²) in [4.78, 5) is 0. The zero-order valence-electron chi connectivity index (χ0n) is 11.9. The smallest absolute Gasteiger partial charge is 0.0587 e. The predicted octanol–water partition coefficient (Wildman–Crippen LogP) is 3.22. The van der Waals surface area contributed by atoms with Gasteiger partial charge < -0.3 is 10.1 Å². The van der Waals surface area contributed by atoms with E-state index in [1.54, 1.807) is 13.5 Å². The molecule has 3 saturated carbocycles. The molecule has 2 unspecified atom stereocenters. The lowest BCUT2D eigenvalue weighted by molar-refractivity contribution is 0.168. The van der Waals surface area contributed by atoms with Gasteiger partial charge in [-0.3, -0.25) is 0 Å². The molecule has 3 fully saturated rings. The highest BCUT2D eigenvalue weighted by molar-refractivity contribution is 5.04. The Labute approximate surface area is 112 Å². The van der Waals surface area contributed by atoms with Crippen molar-refractivity contribution in [2.45, 2.75) is 51.4 Å². The average Bonchev–Trinajstić information content (AvgIpc) is 2.81. The summed E-state index contributed by atoms with van der Waals surface area (Å²) in [5.41, 5.74) is 0.663. The Hall–Kier alpha value is -0.0800. The maximum atomic E-state index is 5.14. The number of methoxy groups -OCH3 is 1. The number of hydrogen-bond donors (Lipinski definition) is 1. The van der Waals surface area contributed by atoms with Crippen molar-refractivity contribution in [3.63, 3.8) is 0 Å². The molecule has 0 aromatic heterocycles. The molecule has 0 aliphatic heterocycles. The molecular weight excluding hydrogens is 222 g/mol. The Bertz CT molecular complexity index is 262. The molecule has 0 heterocycles. The van der Waals surface area contributed by atoms with E-state index in [-0.39, 0.29) is 0 Å². The van der Waals surface area contributed by atoms with Crippen molar-refractivity contribution in [1.82, 2.24) is 5.32 Å². The molecule has 3 aliphatic rings. The van der Waals surface area contributed by atoms with E-state index < -0.39 is 0 Å². The van der Waals surface area contributed by atoms with E-state index in [1.165, 1.54) is 51.5 Å². The van der Waals surface area contributed by atoms with Gasteiger partial charge in [-0.2, -0.15) is 0 Å². The van der Waals surface area contributed by atoms with Crippen LogP contribution in [0, 0.1) is 23.2 Å². The minimum atomic E-state index is 0.663. The molecule has 0 saturated heterocycles. The van der Waals surface area contributed by atoms with Crippen molar-refractivity contribution >= 4 is 0 Å². The van der Waals surface area contributed by atoms with Crippen molar-refractivity contribution in [2.75, 3.05) is 26.8 Å². The van der Waals surface area contributed by atoms with Crippen molar-refractivity contribution < 1.29 is 4.74 Å². The van der Waals surface area contributed by atoms with Crippen LogP contribution < -0.4 is 5.32 Å². The first-order valence-electron chi connectivity index (χ1n) is 8.01. The van der Waals surface area contributed by atoms with Gasteiger partial charge in [0.05, 0.1) is 6.61 Å². The lowest BCUT2D eigenvalue weighted by Crippen LogP contribution is -2.36. The van der Waals surface area contributed by atoms with E-state index in [0.29, 0.717) is 5.41 Å². The summed E-state index contributed by atoms with van der Waals surface area (Å²) in [7, 11) is 1.79. The molecule has 2 nitrogen and oxygen atoms in total. The summed E-state index contributed by atoms with van der Waals surface area (Å²) in [6.45, 7) is 3.13. The first-order valence-corrected chi connectivity index (χ1v) is 8.01. The van der Waals surface area contributed by atoms with E-state index in [2.05, 4.69) is 5.32 Å². The molecule has 3 rings (SSSR count). The Morgan fingerprint density at radius 2 is 1.89 bits per heavy atom. The van der Waals surface area contributed by atoms with Crippen LogP contribution in [0.15, 0.2) is 0 Å². The van der Waals surface area contributed by atoms with Crippen LogP contribution in [0.2, 0.25) is 0 Å². The zero-order valence-corrected chi connectivity index (χ0v) is 11.9. The highest BCUT2D eigenvalue weighted by atomic mass is 16.5. The largest absolute Gasteiger partial charge is 0.383 e. The van der Waals surface area contributed by atoms with E-state index >= 15 is 0 Å². The van der Waals surface area contributed by atoms with Gasteiger partial charge >= 0.3 is 0 Å². The van der Waals surface area contributed by atoms with Gasteiger partial charge in [-0.15, -0.1) is 0 Å². The second-order valence-corrected chi connectivity index (χ2v) is 7.19. The van der Waals surface area contributed by atoms with E-state index in [1.807, 2.05) is 0 Å². The number of fused-ring (bicyclic) bond motifs is 1. The summed E-state index contributed by atoms with van der Waals surface area (Å²) in [5.74, 6) is 3.26. The van der Waals surface area contributed by atoms with E-state index in [0.717, 1.165) is 30.9 Å². The van der Waals surface area contributed by atoms with Crippen LogP contribution in [0.4, 0.5) is 0 Å². The third-order valence-electron chi connectivity index (χ3n) is 5.64. The van der Waals surface area contributed by atoms with Gasteiger partial charge in [0.1, 0.15) is 0 Å². The molecular formula is C16H29NO. The molecule has 0 bridgehead atoms. The van der Waals surface area contributed by atoms with Crippen LogP contribution in [0.25, 0.3) is 0 Å². The van der Waals surface area contributed by atoms with Crippen LogP contribution in [0.1, 0.15) is 51.4 Å². The lowest BCUT2D eigenvalue weighted by Gasteiger charge is -2.34. The quantitative estimate of drug-likeness (QED) is 0.702. The normalized spacial score (nSPS) is 39.2. The van der Waals surface area contributed by atoms with Crippen LogP contribution in [-0.4, -0.2) is 26.8 Å². The lowest BCUT2D eigenvalue weighted by atomic mass is 9.75. The standard InChI is InChI=1S/C16H29NO/c1-18-7-6-17-12-16(9-13-4-2-3-5-13)10-14-8-15(14)11-16/h13-15,17H,2-12H2,1H3. The van der Waals surface area contributed by atoms with Crippen molar-refractivity contribution in [2.24, 2.45) is 23.2 Å². The van der Waals surface area contributed by atoms with Crippen molar-refractivity contribution in [3.8, 4) is 0 Å². The fourth-order valence-corrected chi connectivity index (χ4v) is 4.74. The fourth-order valence-electron chi connectivity index (χ4n) is 4.74. The highest BCUT2D eigenvalue weighted by Gasteiger charge is 2.53. The molecule has 0 aromatic rings. The minimum Gasteiger partial charge on any atom is -0.383 e. The molecule has 2 heteroatoms. The monoisotopic (exact) mass is 251 g/mol. The van der Waals surface area contributed by atoms with Crippen LogP contribution in [-0.2, 0) is 4.74 Å². The molecule has 2 atom stereocenters. The van der Waals surface area contributed by atoms with Crippen molar-refractivity contribution in [1.29, 1.82) is 0 Å². The molecule has 0 amide bonds. The Morgan fingerprint density at radius 3 is 2.56 bits per heavy atom. The minimum absolute atomic E-state index is 0.663. The molecule has 0 aromatic carbocycles. The first kappa shape index (κ1) is 12.9. The van der Waals surface area contributed by atoms with Gasteiger partial charge in [-0.05, 0) is 48.9 Å². The average molecular weight is 251 g/mol. The number of hydrogen-bond acceptors (Lipinski definition) is 2. The molecule has 0 spiro atoms. The fraction of sp³-hybridized carbons (Fsp3) is 1.00. The highest BCUT2D eigenvalue weighted by Crippen LogP contribution is 2.62. The number of ether oxygens (including phenoxy) is 1. The summed E-state index contributed by atoms with van der Waals surface area (Å²) >= 11 is 0. The van der Waals surface area contributed by atoms with Gasteiger partial charge in [0.25, 0.3) is 0 Å². The topological polar surface area (TPSA) is 21.3 Å². The first-order chi connectivity index (χ1) is 8.81. The maximum absolute atomic E-state index is 5.14. The molecule has 3 aliphatic carbocycles. The Balaban J connectivity index is 1.51. The predicted molar refractivity (Wildman–Crippen MR) is 74.6 cm³/mol. The number of nitrogens with one attached hydrogen (secondary N) is 1. The molecule has 1 N–H and O–H groups in total. The third kappa shape index (κ3) is 2.91. The van der Waals surface area contributed by atoms with Crippen LogP contribution >= 0.6 is 0 Å². The van der Waals surface area contributed by atoms with E-state index in [4.69, 9.17) is 4.74 Å². The Kier molecular flexibility index (Phi) is 3.95. The van der Waals surface area contributed by atoms with Gasteiger partial charge in [-0.25, -0.2) is 0 Å². The molecule has 0 radical (unpaired) electrons. The summed E-state index contributed by atoms with van der Waals surface area (Å²) < 4.78 is 5.14. The van der Waals surface area contributed by atoms with Gasteiger partial charge in [0, 0.05) is 20.2 Å². The second-order valence-electron chi connectivity index (χ2n) is 7.19. The zero-order chi connectivity index (χ0) is 12.4. The summed E-state index contributed by atoms with van der Waals surface area (Å²) in [6.07, 6.45) is 12.1. The van der Waals surface area contributed by atoms with Gasteiger partial charge in [-0.1, -0.05) is 25.7 Å². The van der Waals surface area contributed by atoms with Gasteiger partial charge in [0.15, 0.2) is 0 Å². The number of rotatable bonds is 7. The maximum Gasteiger partial charge on any atom is 0.0587 e. The summed E-state index contributed by atoms with van der Waals surface area (Å²) in [6, 6.07) is 0. The second kappa shape index (κ2) is 5.50. The SMILES string of the molecule is COCCNCC1(CC2CCCC2)CC2CC2C1. The molecule has 104 valence electrons. The van der Waals surface area contributed by atoms with Gasteiger partial charge in [0.2, 0.25) is 0 Å².